The Morgan fingerprint density at radius 1 is 1.33 bits per heavy atom. The van der Waals surface area contributed by atoms with Crippen molar-refractivity contribution in [2.75, 3.05) is 0 Å². The Kier molecular flexibility index (Phi) is 4.74. The molecule has 0 aliphatic heterocycles. The molecule has 0 radical (unpaired) electrons. The molecule has 1 N–H and O–H groups in total. The lowest BCUT2D eigenvalue weighted by Gasteiger charge is -2.14. The highest BCUT2D eigenvalue weighted by Gasteiger charge is 2.16. The Bertz CT molecular complexity index is 305. The summed E-state index contributed by atoms with van der Waals surface area (Å²) in [4.78, 5) is 0. The lowest BCUT2D eigenvalue weighted by atomic mass is 10.00. The first kappa shape index (κ1) is 12.7. The molecule has 0 bridgehead atoms. The number of aliphatic hydroxyl groups is 1. The van der Waals surface area contributed by atoms with Crippen molar-refractivity contribution in [3.63, 3.8) is 0 Å². The Hall–Kier alpha value is -0.410. The highest BCUT2D eigenvalue weighted by molar-refractivity contribution is 9.10. The van der Waals surface area contributed by atoms with Crippen molar-refractivity contribution in [3.8, 4) is 0 Å². The van der Waals surface area contributed by atoms with Crippen LogP contribution in [0.1, 0.15) is 38.4 Å². The van der Waals surface area contributed by atoms with Gasteiger partial charge in [-0.2, -0.15) is 0 Å². The van der Waals surface area contributed by atoms with Crippen LogP contribution in [0, 0.1) is 11.7 Å². The van der Waals surface area contributed by atoms with Crippen LogP contribution in [-0.2, 0) is 0 Å². The first-order valence-corrected chi connectivity index (χ1v) is 5.93. The minimum atomic E-state index is -0.719. The van der Waals surface area contributed by atoms with Gasteiger partial charge < -0.3 is 5.11 Å². The van der Waals surface area contributed by atoms with E-state index in [2.05, 4.69) is 29.8 Å². The molecular weight excluding hydrogens is 259 g/mol. The van der Waals surface area contributed by atoms with Gasteiger partial charge in [-0.1, -0.05) is 35.8 Å². The first-order chi connectivity index (χ1) is 7.02. The molecule has 0 aliphatic carbocycles. The maximum atomic E-state index is 13.4. The number of benzene rings is 1. The van der Waals surface area contributed by atoms with E-state index < -0.39 is 6.10 Å². The summed E-state index contributed by atoms with van der Waals surface area (Å²) in [6.07, 6.45) is 0.766. The van der Waals surface area contributed by atoms with E-state index in [9.17, 15) is 9.50 Å². The van der Waals surface area contributed by atoms with Crippen molar-refractivity contribution in [3.05, 3.63) is 34.1 Å². The van der Waals surface area contributed by atoms with E-state index in [1.165, 1.54) is 6.07 Å². The Balaban J connectivity index is 2.77. The highest BCUT2D eigenvalue weighted by atomic mass is 79.9. The second-order valence-electron chi connectivity index (χ2n) is 4.12. The van der Waals surface area contributed by atoms with Crippen LogP contribution in [0.4, 0.5) is 4.39 Å². The van der Waals surface area contributed by atoms with Gasteiger partial charge in [-0.3, -0.25) is 0 Å². The van der Waals surface area contributed by atoms with Crippen LogP contribution in [0.3, 0.4) is 0 Å². The van der Waals surface area contributed by atoms with E-state index in [4.69, 9.17) is 0 Å². The van der Waals surface area contributed by atoms with Crippen LogP contribution < -0.4 is 0 Å². The summed E-state index contributed by atoms with van der Waals surface area (Å²) in [7, 11) is 0. The van der Waals surface area contributed by atoms with Gasteiger partial charge in [0.1, 0.15) is 5.82 Å². The van der Waals surface area contributed by atoms with Crippen molar-refractivity contribution in [2.45, 2.75) is 32.8 Å². The number of halogens is 2. The zero-order chi connectivity index (χ0) is 11.4. The summed E-state index contributed by atoms with van der Waals surface area (Å²) in [6, 6.07) is 4.74. The summed E-state index contributed by atoms with van der Waals surface area (Å²) in [6.45, 7) is 4.17. The van der Waals surface area contributed by atoms with Crippen molar-refractivity contribution in [1.29, 1.82) is 0 Å². The lowest BCUT2D eigenvalue weighted by molar-refractivity contribution is 0.154. The Morgan fingerprint density at radius 3 is 2.53 bits per heavy atom. The molecule has 1 rings (SSSR count). The largest absolute Gasteiger partial charge is 0.388 e. The average Bonchev–Trinajstić information content (AvgIpc) is 2.14. The predicted octanol–water partition coefficient (Wildman–Crippen LogP) is 4.06. The van der Waals surface area contributed by atoms with Gasteiger partial charge in [-0.05, 0) is 30.9 Å². The molecule has 0 heterocycles. The molecule has 1 atom stereocenters. The monoisotopic (exact) mass is 274 g/mol. The van der Waals surface area contributed by atoms with Gasteiger partial charge in [-0.15, -0.1) is 0 Å². The topological polar surface area (TPSA) is 20.2 Å². The predicted molar refractivity (Wildman–Crippen MR) is 63.1 cm³/mol. The summed E-state index contributed by atoms with van der Waals surface area (Å²) in [5, 5.41) is 9.86. The third-order valence-electron chi connectivity index (χ3n) is 2.35. The van der Waals surface area contributed by atoms with Crippen LogP contribution in [0.25, 0.3) is 0 Å². The van der Waals surface area contributed by atoms with E-state index in [0.29, 0.717) is 22.4 Å². The van der Waals surface area contributed by atoms with Gasteiger partial charge in [0.05, 0.1) is 6.10 Å². The SMILES string of the molecule is CC(C)CCC(O)c1c(F)cccc1Br. The fourth-order valence-electron chi connectivity index (χ4n) is 1.46. The standard InChI is InChI=1S/C12H16BrFO/c1-8(2)6-7-11(15)12-9(13)4-3-5-10(12)14/h3-5,8,11,15H,6-7H2,1-2H3. The van der Waals surface area contributed by atoms with E-state index in [0.717, 1.165) is 6.42 Å². The van der Waals surface area contributed by atoms with Gasteiger partial charge in [0.25, 0.3) is 0 Å². The number of aliphatic hydroxyl groups excluding tert-OH is 1. The van der Waals surface area contributed by atoms with Crippen molar-refractivity contribution >= 4 is 15.9 Å². The molecule has 0 amide bonds. The zero-order valence-corrected chi connectivity index (χ0v) is 10.6. The fraction of sp³-hybridized carbons (Fsp3) is 0.500. The van der Waals surface area contributed by atoms with Gasteiger partial charge in [0, 0.05) is 10.0 Å². The zero-order valence-electron chi connectivity index (χ0n) is 9.00. The minimum Gasteiger partial charge on any atom is -0.388 e. The van der Waals surface area contributed by atoms with Crippen LogP contribution >= 0.6 is 15.9 Å². The maximum Gasteiger partial charge on any atom is 0.130 e. The summed E-state index contributed by atoms with van der Waals surface area (Å²) in [5.41, 5.74) is 0.373. The highest BCUT2D eigenvalue weighted by Crippen LogP contribution is 2.29. The third kappa shape index (κ3) is 3.58. The molecule has 0 fully saturated rings. The van der Waals surface area contributed by atoms with Crippen molar-refractivity contribution < 1.29 is 9.50 Å². The molecule has 1 unspecified atom stereocenters. The smallest absolute Gasteiger partial charge is 0.130 e. The minimum absolute atomic E-state index is 0.347. The molecule has 3 heteroatoms. The van der Waals surface area contributed by atoms with Gasteiger partial charge in [0.15, 0.2) is 0 Å². The quantitative estimate of drug-likeness (QED) is 0.878. The van der Waals surface area contributed by atoms with E-state index in [1.807, 2.05) is 0 Å². The maximum absolute atomic E-state index is 13.4. The van der Waals surface area contributed by atoms with Crippen LogP contribution in [0.5, 0.6) is 0 Å². The second kappa shape index (κ2) is 5.61. The van der Waals surface area contributed by atoms with Crippen molar-refractivity contribution in [1.82, 2.24) is 0 Å². The molecule has 0 aliphatic rings. The fourth-order valence-corrected chi connectivity index (χ4v) is 2.07. The van der Waals surface area contributed by atoms with E-state index in [-0.39, 0.29) is 5.82 Å². The second-order valence-corrected chi connectivity index (χ2v) is 4.98. The lowest BCUT2D eigenvalue weighted by Crippen LogP contribution is -2.03. The van der Waals surface area contributed by atoms with Crippen LogP contribution in [0.15, 0.2) is 22.7 Å². The van der Waals surface area contributed by atoms with Crippen LogP contribution in [-0.4, -0.2) is 5.11 Å². The van der Waals surface area contributed by atoms with E-state index >= 15 is 0 Å². The molecule has 1 aromatic rings. The molecule has 0 aromatic heterocycles. The first-order valence-electron chi connectivity index (χ1n) is 5.14. The summed E-state index contributed by atoms with van der Waals surface area (Å²) >= 11 is 3.25. The Morgan fingerprint density at radius 2 is 2.00 bits per heavy atom. The van der Waals surface area contributed by atoms with Gasteiger partial charge >= 0.3 is 0 Å². The van der Waals surface area contributed by atoms with Gasteiger partial charge in [-0.25, -0.2) is 4.39 Å². The average molecular weight is 275 g/mol. The normalized spacial score (nSPS) is 13.2. The molecular formula is C12H16BrFO. The van der Waals surface area contributed by atoms with Crippen molar-refractivity contribution in [2.24, 2.45) is 5.92 Å². The molecule has 1 nitrogen and oxygen atoms in total. The molecule has 0 spiro atoms. The summed E-state index contributed by atoms with van der Waals surface area (Å²) < 4.78 is 14.1. The Labute approximate surface area is 98.4 Å². The third-order valence-corrected chi connectivity index (χ3v) is 3.04. The van der Waals surface area contributed by atoms with Crippen LogP contribution in [0.2, 0.25) is 0 Å². The number of hydrogen-bond acceptors (Lipinski definition) is 1. The number of rotatable bonds is 4. The molecule has 15 heavy (non-hydrogen) atoms. The van der Waals surface area contributed by atoms with Gasteiger partial charge in [0.2, 0.25) is 0 Å². The molecule has 0 saturated heterocycles. The number of hydrogen-bond donors (Lipinski definition) is 1. The summed E-state index contributed by atoms with van der Waals surface area (Å²) in [5.74, 6) is 0.172. The molecule has 84 valence electrons. The molecule has 0 saturated carbocycles. The van der Waals surface area contributed by atoms with E-state index in [1.54, 1.807) is 12.1 Å². The molecule has 1 aromatic carbocycles.